The second-order valence-electron chi connectivity index (χ2n) is 4.33. The third-order valence-corrected chi connectivity index (χ3v) is 3.77. The van der Waals surface area contributed by atoms with Gasteiger partial charge in [0, 0.05) is 6.54 Å². The molecule has 1 aromatic rings. The average molecular weight is 335 g/mol. The summed E-state index contributed by atoms with van der Waals surface area (Å²) in [5.74, 6) is -0.696. The Labute approximate surface area is 119 Å². The highest BCUT2D eigenvalue weighted by atomic mass is 79.9. The predicted molar refractivity (Wildman–Crippen MR) is 74.8 cm³/mol. The van der Waals surface area contributed by atoms with Crippen molar-refractivity contribution in [2.24, 2.45) is 0 Å². The molecule has 19 heavy (non-hydrogen) atoms. The molecule has 0 spiro atoms. The van der Waals surface area contributed by atoms with Crippen LogP contribution in [0.15, 0.2) is 16.6 Å². The van der Waals surface area contributed by atoms with Gasteiger partial charge in [-0.3, -0.25) is 10.1 Å². The van der Waals surface area contributed by atoms with Gasteiger partial charge in [0.2, 0.25) is 0 Å². The predicted octanol–water partition coefficient (Wildman–Crippen LogP) is 3.46. The maximum atomic E-state index is 13.3. The molecule has 0 aromatic heterocycles. The Kier molecular flexibility index (Phi) is 5.25. The van der Waals surface area contributed by atoms with Gasteiger partial charge in [0.1, 0.15) is 11.5 Å². The Morgan fingerprint density at radius 3 is 2.53 bits per heavy atom. The highest BCUT2D eigenvalue weighted by Gasteiger charge is 2.24. The topological polar surface area (TPSA) is 75.4 Å². The van der Waals surface area contributed by atoms with Crippen molar-refractivity contribution in [3.63, 3.8) is 0 Å². The summed E-state index contributed by atoms with van der Waals surface area (Å²) in [6, 6.07) is 2.16. The zero-order chi connectivity index (χ0) is 14.6. The van der Waals surface area contributed by atoms with Crippen LogP contribution in [-0.4, -0.2) is 22.2 Å². The molecule has 1 rings (SSSR count). The van der Waals surface area contributed by atoms with Gasteiger partial charge in [-0.2, -0.15) is 0 Å². The number of aliphatic hydroxyl groups is 1. The normalized spacial score (nSPS) is 11.4. The van der Waals surface area contributed by atoms with Crippen molar-refractivity contribution in [1.82, 2.24) is 0 Å². The molecule has 0 aliphatic carbocycles. The van der Waals surface area contributed by atoms with Crippen LogP contribution >= 0.6 is 15.9 Å². The molecule has 0 atom stereocenters. The summed E-state index contributed by atoms with van der Waals surface area (Å²) in [4.78, 5) is 10.2. The van der Waals surface area contributed by atoms with E-state index in [9.17, 15) is 19.6 Å². The lowest BCUT2D eigenvalue weighted by Gasteiger charge is -2.25. The number of nitrogens with one attached hydrogen (secondary N) is 1. The highest BCUT2D eigenvalue weighted by molar-refractivity contribution is 9.10. The molecule has 0 saturated carbocycles. The molecule has 106 valence electrons. The summed E-state index contributed by atoms with van der Waals surface area (Å²) in [5, 5.41) is 23.8. The molecule has 0 bridgehead atoms. The molecule has 1 aromatic carbocycles. The number of benzene rings is 1. The summed E-state index contributed by atoms with van der Waals surface area (Å²) >= 11 is 2.98. The van der Waals surface area contributed by atoms with Crippen LogP contribution in [0.3, 0.4) is 0 Å². The van der Waals surface area contributed by atoms with Gasteiger partial charge in [-0.25, -0.2) is 4.39 Å². The van der Waals surface area contributed by atoms with E-state index >= 15 is 0 Å². The van der Waals surface area contributed by atoms with Gasteiger partial charge in [0.15, 0.2) is 0 Å². The molecule has 0 fully saturated rings. The minimum atomic E-state index is -0.936. The summed E-state index contributed by atoms with van der Waals surface area (Å²) < 4.78 is 13.4. The van der Waals surface area contributed by atoms with Crippen molar-refractivity contribution in [2.75, 3.05) is 11.9 Å². The lowest BCUT2D eigenvalue weighted by molar-refractivity contribution is -0.384. The first kappa shape index (κ1) is 15.8. The number of hydrogen-bond acceptors (Lipinski definition) is 4. The molecule has 7 heteroatoms. The second-order valence-corrected chi connectivity index (χ2v) is 5.18. The summed E-state index contributed by atoms with van der Waals surface area (Å²) in [7, 11) is 0. The fraction of sp³-hybridized carbons (Fsp3) is 0.500. The van der Waals surface area contributed by atoms with Crippen LogP contribution < -0.4 is 5.32 Å². The first-order valence-corrected chi connectivity index (χ1v) is 6.72. The van der Waals surface area contributed by atoms with E-state index in [1.165, 1.54) is 6.07 Å². The van der Waals surface area contributed by atoms with Gasteiger partial charge in [0.25, 0.3) is 5.69 Å². The first-order chi connectivity index (χ1) is 8.83. The standard InChI is InChI=1S/C12H16BrFN2O3/c1-3-12(17,4-2)7-15-10-5-8(13)9(14)6-11(10)16(18)19/h5-6,15,17H,3-4,7H2,1-2H3. The molecule has 0 aliphatic heterocycles. The van der Waals surface area contributed by atoms with Crippen molar-refractivity contribution in [3.05, 3.63) is 32.5 Å². The SMILES string of the molecule is CCC(O)(CC)CNc1cc(Br)c(F)cc1[N+](=O)[O-]. The summed E-state index contributed by atoms with van der Waals surface area (Å²) in [6.07, 6.45) is 1.04. The van der Waals surface area contributed by atoms with Gasteiger partial charge in [-0.05, 0) is 34.8 Å². The van der Waals surface area contributed by atoms with Gasteiger partial charge < -0.3 is 10.4 Å². The van der Waals surface area contributed by atoms with E-state index in [0.717, 1.165) is 6.07 Å². The van der Waals surface area contributed by atoms with Crippen LogP contribution in [0, 0.1) is 15.9 Å². The Morgan fingerprint density at radius 2 is 2.05 bits per heavy atom. The fourth-order valence-electron chi connectivity index (χ4n) is 1.59. The Morgan fingerprint density at radius 1 is 1.47 bits per heavy atom. The summed E-state index contributed by atoms with van der Waals surface area (Å²) in [5.41, 5.74) is -1.11. The van der Waals surface area contributed by atoms with Crippen molar-refractivity contribution >= 4 is 27.3 Å². The quantitative estimate of drug-likeness (QED) is 0.617. The van der Waals surface area contributed by atoms with Crippen molar-refractivity contribution < 1.29 is 14.4 Å². The van der Waals surface area contributed by atoms with Gasteiger partial charge >= 0.3 is 0 Å². The third-order valence-electron chi connectivity index (χ3n) is 3.16. The molecule has 0 unspecified atom stereocenters. The third kappa shape index (κ3) is 3.87. The van der Waals surface area contributed by atoms with Crippen molar-refractivity contribution in [3.8, 4) is 0 Å². The summed E-state index contributed by atoms with van der Waals surface area (Å²) in [6.45, 7) is 3.83. The molecule has 5 nitrogen and oxygen atoms in total. The van der Waals surface area contributed by atoms with Crippen LogP contribution in [-0.2, 0) is 0 Å². The molecular weight excluding hydrogens is 319 g/mol. The zero-order valence-electron chi connectivity index (χ0n) is 10.7. The molecular formula is C12H16BrFN2O3. The van der Waals surface area contributed by atoms with Crippen molar-refractivity contribution in [1.29, 1.82) is 0 Å². The number of rotatable bonds is 6. The second kappa shape index (κ2) is 6.29. The average Bonchev–Trinajstić information content (AvgIpc) is 2.39. The van der Waals surface area contributed by atoms with E-state index in [1.807, 2.05) is 13.8 Å². The highest BCUT2D eigenvalue weighted by Crippen LogP contribution is 2.31. The molecule has 0 aliphatic rings. The lowest BCUT2D eigenvalue weighted by Crippen LogP contribution is -2.35. The maximum absolute atomic E-state index is 13.3. The number of anilines is 1. The van der Waals surface area contributed by atoms with Crippen LogP contribution in [0.5, 0.6) is 0 Å². The minimum absolute atomic E-state index is 0.136. The Bertz CT molecular complexity index is 478. The molecule has 0 saturated heterocycles. The molecule has 0 heterocycles. The Balaban J connectivity index is 3.00. The first-order valence-electron chi connectivity index (χ1n) is 5.92. The largest absolute Gasteiger partial charge is 0.388 e. The number of nitro groups is 1. The van der Waals surface area contributed by atoms with E-state index in [-0.39, 0.29) is 22.4 Å². The van der Waals surface area contributed by atoms with Crippen LogP contribution in [0.4, 0.5) is 15.8 Å². The van der Waals surface area contributed by atoms with Gasteiger partial charge in [-0.1, -0.05) is 13.8 Å². The number of hydrogen-bond donors (Lipinski definition) is 2. The minimum Gasteiger partial charge on any atom is -0.388 e. The van der Waals surface area contributed by atoms with E-state index < -0.39 is 16.3 Å². The van der Waals surface area contributed by atoms with Gasteiger partial charge in [0.05, 0.1) is 21.1 Å². The number of nitrogens with zero attached hydrogens (tertiary/aromatic N) is 1. The smallest absolute Gasteiger partial charge is 0.295 e. The number of nitro benzene ring substituents is 1. The van der Waals surface area contributed by atoms with Gasteiger partial charge in [-0.15, -0.1) is 0 Å². The molecule has 0 radical (unpaired) electrons. The monoisotopic (exact) mass is 334 g/mol. The van der Waals surface area contributed by atoms with E-state index in [0.29, 0.717) is 12.8 Å². The fourth-order valence-corrected chi connectivity index (χ4v) is 1.93. The van der Waals surface area contributed by atoms with Crippen LogP contribution in [0.1, 0.15) is 26.7 Å². The Hall–Kier alpha value is -1.21. The van der Waals surface area contributed by atoms with Crippen LogP contribution in [0.2, 0.25) is 0 Å². The van der Waals surface area contributed by atoms with Crippen molar-refractivity contribution in [2.45, 2.75) is 32.3 Å². The number of halogens is 2. The lowest BCUT2D eigenvalue weighted by atomic mass is 9.97. The maximum Gasteiger partial charge on any atom is 0.295 e. The molecule has 0 amide bonds. The van der Waals surface area contributed by atoms with E-state index in [1.54, 1.807) is 0 Å². The zero-order valence-corrected chi connectivity index (χ0v) is 12.3. The van der Waals surface area contributed by atoms with E-state index in [4.69, 9.17) is 0 Å². The molecule has 2 N–H and O–H groups in total. The van der Waals surface area contributed by atoms with Crippen LogP contribution in [0.25, 0.3) is 0 Å². The van der Waals surface area contributed by atoms with E-state index in [2.05, 4.69) is 21.2 Å².